The zero-order valence-electron chi connectivity index (χ0n) is 12.4. The first-order chi connectivity index (χ1) is 8.12. The lowest BCUT2D eigenvalue weighted by Gasteiger charge is -2.23. The van der Waals surface area contributed by atoms with Gasteiger partial charge in [0.05, 0.1) is 0 Å². The number of hydrogen-bond acceptors (Lipinski definition) is 2. The van der Waals surface area contributed by atoms with Crippen LogP contribution in [0.5, 0.6) is 0 Å². The van der Waals surface area contributed by atoms with Gasteiger partial charge >= 0.3 is 0 Å². The van der Waals surface area contributed by atoms with Crippen molar-refractivity contribution in [3.63, 3.8) is 0 Å². The zero-order chi connectivity index (χ0) is 13.0. The second kappa shape index (κ2) is 11.8. The van der Waals surface area contributed by atoms with E-state index >= 15 is 0 Å². The van der Waals surface area contributed by atoms with Gasteiger partial charge in [0, 0.05) is 10.5 Å². The molecule has 0 aromatic heterocycles. The van der Waals surface area contributed by atoms with Crippen molar-refractivity contribution >= 4 is 21.6 Å². The van der Waals surface area contributed by atoms with Crippen LogP contribution in [0.2, 0.25) is 0 Å². The van der Waals surface area contributed by atoms with E-state index in [9.17, 15) is 0 Å². The van der Waals surface area contributed by atoms with E-state index in [2.05, 4.69) is 49.3 Å². The number of rotatable bonds is 12. The van der Waals surface area contributed by atoms with Gasteiger partial charge in [0.2, 0.25) is 0 Å². The van der Waals surface area contributed by atoms with E-state index in [0.29, 0.717) is 4.75 Å². The van der Waals surface area contributed by atoms with Crippen molar-refractivity contribution in [3.05, 3.63) is 0 Å². The van der Waals surface area contributed by atoms with Gasteiger partial charge in [0.15, 0.2) is 0 Å². The van der Waals surface area contributed by atoms with Gasteiger partial charge in [-0.3, -0.25) is 0 Å². The minimum atomic E-state index is 0.475. The van der Waals surface area contributed by atoms with E-state index in [0.717, 1.165) is 0 Å². The molecule has 0 saturated carbocycles. The minimum Gasteiger partial charge on any atom is -0.0936 e. The van der Waals surface area contributed by atoms with Crippen molar-refractivity contribution < 1.29 is 0 Å². The molecule has 0 bridgehead atoms. The molecule has 0 unspecified atom stereocenters. The molecule has 0 aliphatic rings. The van der Waals surface area contributed by atoms with Crippen molar-refractivity contribution in [3.8, 4) is 0 Å². The Morgan fingerprint density at radius 1 is 0.765 bits per heavy atom. The van der Waals surface area contributed by atoms with Crippen LogP contribution in [0, 0.1) is 0 Å². The quantitative estimate of drug-likeness (QED) is 0.287. The summed E-state index contributed by atoms with van der Waals surface area (Å²) in [7, 11) is 4.20. The summed E-state index contributed by atoms with van der Waals surface area (Å²) < 4.78 is 0.475. The van der Waals surface area contributed by atoms with Crippen molar-refractivity contribution in [2.24, 2.45) is 0 Å². The Morgan fingerprint density at radius 2 is 1.35 bits per heavy atom. The molecule has 0 amide bonds. The highest BCUT2D eigenvalue weighted by Gasteiger charge is 2.17. The summed E-state index contributed by atoms with van der Waals surface area (Å²) in [5, 5.41) is 0. The Balaban J connectivity index is 3.37. The molecule has 0 N–H and O–H groups in total. The molecule has 2 heteroatoms. The third kappa shape index (κ3) is 12.9. The van der Waals surface area contributed by atoms with Crippen molar-refractivity contribution in [1.29, 1.82) is 0 Å². The lowest BCUT2D eigenvalue weighted by atomic mass is 10.0. The Labute approximate surface area is 117 Å². The van der Waals surface area contributed by atoms with Gasteiger partial charge in [-0.2, -0.15) is 0 Å². The first kappa shape index (κ1) is 17.7. The van der Waals surface area contributed by atoms with E-state index in [1.54, 1.807) is 0 Å². The molecular formula is C15H32S2. The third-order valence-electron chi connectivity index (χ3n) is 3.00. The van der Waals surface area contributed by atoms with Crippen LogP contribution in [0.1, 0.15) is 85.5 Å². The van der Waals surface area contributed by atoms with Crippen LogP contribution < -0.4 is 0 Å². The van der Waals surface area contributed by atoms with E-state index in [1.165, 1.54) is 63.5 Å². The van der Waals surface area contributed by atoms with Crippen LogP contribution in [-0.2, 0) is 0 Å². The Bertz CT molecular complexity index is 155. The van der Waals surface area contributed by atoms with E-state index in [1.807, 2.05) is 0 Å². The molecule has 0 aliphatic carbocycles. The van der Waals surface area contributed by atoms with Crippen LogP contribution in [-0.4, -0.2) is 10.5 Å². The fourth-order valence-corrected chi connectivity index (χ4v) is 4.57. The smallest absolute Gasteiger partial charge is 0.0207 e. The molecule has 0 atom stereocenters. The van der Waals surface area contributed by atoms with Crippen LogP contribution >= 0.6 is 21.6 Å². The summed E-state index contributed by atoms with van der Waals surface area (Å²) in [6.07, 6.45) is 12.5. The van der Waals surface area contributed by atoms with Crippen LogP contribution in [0.15, 0.2) is 0 Å². The summed E-state index contributed by atoms with van der Waals surface area (Å²) in [5.41, 5.74) is 0. The summed E-state index contributed by atoms with van der Waals surface area (Å²) >= 11 is 0. The monoisotopic (exact) mass is 276 g/mol. The number of unbranched alkanes of at least 4 members (excludes halogenated alkanes) is 6. The van der Waals surface area contributed by atoms with E-state index < -0.39 is 0 Å². The van der Waals surface area contributed by atoms with Crippen LogP contribution in [0.3, 0.4) is 0 Å². The maximum Gasteiger partial charge on any atom is 0.0207 e. The Morgan fingerprint density at radius 3 is 1.94 bits per heavy atom. The van der Waals surface area contributed by atoms with Gasteiger partial charge < -0.3 is 0 Å². The molecule has 0 fully saturated rings. The highest BCUT2D eigenvalue weighted by Crippen LogP contribution is 2.39. The molecular weight excluding hydrogens is 244 g/mol. The predicted octanol–water partition coefficient (Wildman–Crippen LogP) is 6.70. The lowest BCUT2D eigenvalue weighted by molar-refractivity contribution is 0.561. The van der Waals surface area contributed by atoms with Gasteiger partial charge in [-0.1, -0.05) is 80.4 Å². The second-order valence-electron chi connectivity index (χ2n) is 5.54. The van der Waals surface area contributed by atoms with Gasteiger partial charge in [0.25, 0.3) is 0 Å². The fourth-order valence-electron chi connectivity index (χ4n) is 1.81. The SMILES string of the molecule is CCCCCCSSC(C)(C)CCCCCC. The van der Waals surface area contributed by atoms with Crippen LogP contribution in [0.4, 0.5) is 0 Å². The second-order valence-corrected chi connectivity index (χ2v) is 8.66. The molecule has 17 heavy (non-hydrogen) atoms. The minimum absolute atomic E-state index is 0.475. The molecule has 0 radical (unpaired) electrons. The van der Waals surface area contributed by atoms with Crippen molar-refractivity contribution in [1.82, 2.24) is 0 Å². The third-order valence-corrected chi connectivity index (χ3v) is 6.43. The fraction of sp³-hybridized carbons (Fsp3) is 1.00. The highest BCUT2D eigenvalue weighted by molar-refractivity contribution is 8.77. The molecule has 104 valence electrons. The average Bonchev–Trinajstić information content (AvgIpc) is 2.29. The van der Waals surface area contributed by atoms with Crippen LogP contribution in [0.25, 0.3) is 0 Å². The summed E-state index contributed by atoms with van der Waals surface area (Å²) in [5.74, 6) is 1.34. The van der Waals surface area contributed by atoms with Gasteiger partial charge in [-0.15, -0.1) is 0 Å². The predicted molar refractivity (Wildman–Crippen MR) is 87.0 cm³/mol. The topological polar surface area (TPSA) is 0 Å². The first-order valence-electron chi connectivity index (χ1n) is 7.43. The summed E-state index contributed by atoms with van der Waals surface area (Å²) in [6.45, 7) is 9.37. The Kier molecular flexibility index (Phi) is 12.3. The lowest BCUT2D eigenvalue weighted by Crippen LogP contribution is -2.12. The van der Waals surface area contributed by atoms with Gasteiger partial charge in [-0.25, -0.2) is 0 Å². The van der Waals surface area contributed by atoms with Gasteiger partial charge in [0.1, 0.15) is 0 Å². The highest BCUT2D eigenvalue weighted by atomic mass is 33.1. The molecule has 0 aliphatic heterocycles. The Hall–Kier alpha value is 0.700. The molecule has 0 heterocycles. The van der Waals surface area contributed by atoms with Gasteiger partial charge in [-0.05, 0) is 26.7 Å². The molecule has 0 saturated heterocycles. The maximum atomic E-state index is 2.41. The molecule has 0 nitrogen and oxygen atoms in total. The molecule has 0 aromatic carbocycles. The van der Waals surface area contributed by atoms with Crippen molar-refractivity contribution in [2.75, 3.05) is 5.75 Å². The summed E-state index contributed by atoms with van der Waals surface area (Å²) in [4.78, 5) is 0. The number of hydrogen-bond donors (Lipinski definition) is 0. The van der Waals surface area contributed by atoms with E-state index in [-0.39, 0.29) is 0 Å². The molecule has 0 spiro atoms. The first-order valence-corrected chi connectivity index (χ1v) is 9.75. The normalized spacial score (nSPS) is 12.0. The zero-order valence-corrected chi connectivity index (χ0v) is 14.0. The average molecular weight is 277 g/mol. The largest absolute Gasteiger partial charge is 0.0936 e. The van der Waals surface area contributed by atoms with Crippen molar-refractivity contribution in [2.45, 2.75) is 90.2 Å². The maximum absolute atomic E-state index is 2.41. The standard InChI is InChI=1S/C15H32S2/c1-5-7-9-11-13-15(3,4)17-16-14-12-10-8-6-2/h5-14H2,1-4H3. The summed E-state index contributed by atoms with van der Waals surface area (Å²) in [6, 6.07) is 0. The molecule has 0 rings (SSSR count). The molecule has 0 aromatic rings. The van der Waals surface area contributed by atoms with E-state index in [4.69, 9.17) is 0 Å².